The van der Waals surface area contributed by atoms with E-state index in [1.54, 1.807) is 28.7 Å². The van der Waals surface area contributed by atoms with Gasteiger partial charge in [0.15, 0.2) is 5.96 Å². The first-order valence-corrected chi connectivity index (χ1v) is 11.1. The summed E-state index contributed by atoms with van der Waals surface area (Å²) in [6.07, 6.45) is 2.48. The maximum atomic E-state index is 13.1. The third-order valence-corrected chi connectivity index (χ3v) is 6.88. The zero-order valence-electron chi connectivity index (χ0n) is 16.7. The lowest BCUT2D eigenvalue weighted by molar-refractivity contribution is 0.222. The van der Waals surface area contributed by atoms with Crippen molar-refractivity contribution in [2.75, 3.05) is 39.8 Å². The Labute approximate surface area is 172 Å². The molecule has 3 N–H and O–H groups in total. The van der Waals surface area contributed by atoms with Gasteiger partial charge in [-0.15, -0.1) is 0 Å². The number of nitrogens with two attached hydrogens (primary N) is 1. The molecule has 1 aliphatic rings. The second-order valence-corrected chi connectivity index (χ2v) is 8.92. The smallest absolute Gasteiger partial charge is 0.243 e. The Morgan fingerprint density at radius 3 is 2.59 bits per heavy atom. The van der Waals surface area contributed by atoms with Gasteiger partial charge in [0.25, 0.3) is 0 Å². The van der Waals surface area contributed by atoms with Crippen LogP contribution in [-0.4, -0.2) is 68.3 Å². The molecule has 0 aliphatic carbocycles. The summed E-state index contributed by atoms with van der Waals surface area (Å²) in [7, 11) is -1.55. The standard InChI is InChI=1S/C20H28N6O2S/c1-25-12-14-26(15-13-25)29(27,28)19-8-3-2-6-17(19)16-24-20(21)23-11-9-18-7-4-5-10-22-18/h2-8,10H,9,11-16H2,1H3,(H3,21,23,24). The topological polar surface area (TPSA) is 104 Å². The fraction of sp³-hybridized carbons (Fsp3) is 0.400. The van der Waals surface area contributed by atoms with Crippen LogP contribution in [0.15, 0.2) is 58.5 Å². The van der Waals surface area contributed by atoms with Gasteiger partial charge >= 0.3 is 0 Å². The number of benzene rings is 1. The van der Waals surface area contributed by atoms with Crippen LogP contribution >= 0.6 is 0 Å². The van der Waals surface area contributed by atoms with E-state index in [4.69, 9.17) is 5.73 Å². The molecule has 8 nitrogen and oxygen atoms in total. The molecule has 1 aromatic heterocycles. The molecule has 2 heterocycles. The number of rotatable bonds is 7. The zero-order valence-corrected chi connectivity index (χ0v) is 17.5. The summed E-state index contributed by atoms with van der Waals surface area (Å²) in [4.78, 5) is 11.0. The van der Waals surface area contributed by atoms with Gasteiger partial charge in [-0.25, -0.2) is 13.4 Å². The molecule has 156 valence electrons. The molecule has 29 heavy (non-hydrogen) atoms. The number of hydrogen-bond donors (Lipinski definition) is 2. The van der Waals surface area contributed by atoms with Crippen LogP contribution in [0.1, 0.15) is 11.3 Å². The number of guanidine groups is 1. The summed E-state index contributed by atoms with van der Waals surface area (Å²) >= 11 is 0. The van der Waals surface area contributed by atoms with Gasteiger partial charge in [0, 0.05) is 51.0 Å². The highest BCUT2D eigenvalue weighted by molar-refractivity contribution is 7.89. The van der Waals surface area contributed by atoms with Crippen LogP contribution in [0.5, 0.6) is 0 Å². The monoisotopic (exact) mass is 416 g/mol. The van der Waals surface area contributed by atoms with Crippen molar-refractivity contribution in [3.63, 3.8) is 0 Å². The number of aliphatic imine (C=N–C) groups is 1. The van der Waals surface area contributed by atoms with Gasteiger partial charge in [0.2, 0.25) is 10.0 Å². The van der Waals surface area contributed by atoms with Crippen molar-refractivity contribution in [3.8, 4) is 0 Å². The predicted molar refractivity (Wildman–Crippen MR) is 114 cm³/mol. The van der Waals surface area contributed by atoms with Crippen molar-refractivity contribution in [2.45, 2.75) is 17.9 Å². The van der Waals surface area contributed by atoms with Crippen molar-refractivity contribution in [2.24, 2.45) is 10.7 Å². The van der Waals surface area contributed by atoms with Gasteiger partial charge in [-0.05, 0) is 30.8 Å². The van der Waals surface area contributed by atoms with E-state index in [-0.39, 0.29) is 12.5 Å². The molecule has 0 radical (unpaired) electrons. The van der Waals surface area contributed by atoms with E-state index < -0.39 is 10.0 Å². The lowest BCUT2D eigenvalue weighted by atomic mass is 10.2. The first-order chi connectivity index (χ1) is 14.0. The molecule has 1 saturated heterocycles. The number of piperazine rings is 1. The first kappa shape index (κ1) is 21.2. The maximum Gasteiger partial charge on any atom is 0.243 e. The summed E-state index contributed by atoms with van der Waals surface area (Å²) in [6, 6.07) is 12.8. The van der Waals surface area contributed by atoms with E-state index in [0.717, 1.165) is 25.2 Å². The fourth-order valence-corrected chi connectivity index (χ4v) is 4.78. The molecule has 1 fully saturated rings. The van der Waals surface area contributed by atoms with Crippen LogP contribution in [0.2, 0.25) is 0 Å². The normalized spacial score (nSPS) is 16.7. The van der Waals surface area contributed by atoms with Crippen LogP contribution in [0.25, 0.3) is 0 Å². The van der Waals surface area contributed by atoms with Gasteiger partial charge in [-0.3, -0.25) is 4.98 Å². The molecule has 9 heteroatoms. The second-order valence-electron chi connectivity index (χ2n) is 7.01. The molecule has 1 aliphatic heterocycles. The molecular weight excluding hydrogens is 388 g/mol. The fourth-order valence-electron chi connectivity index (χ4n) is 3.14. The average molecular weight is 417 g/mol. The largest absolute Gasteiger partial charge is 0.370 e. The van der Waals surface area contributed by atoms with Gasteiger partial charge < -0.3 is 16.0 Å². The Hall–Kier alpha value is -2.49. The molecule has 2 aromatic rings. The zero-order chi connectivity index (χ0) is 20.7. The molecule has 0 amide bonds. The number of nitrogens with one attached hydrogen (secondary N) is 1. The highest BCUT2D eigenvalue weighted by Gasteiger charge is 2.29. The van der Waals surface area contributed by atoms with Crippen LogP contribution in [0.3, 0.4) is 0 Å². The number of hydrogen-bond acceptors (Lipinski definition) is 5. The summed E-state index contributed by atoms with van der Waals surface area (Å²) in [5.74, 6) is 0.285. The van der Waals surface area contributed by atoms with Gasteiger partial charge in [-0.1, -0.05) is 24.3 Å². The van der Waals surface area contributed by atoms with Crippen molar-refractivity contribution in [1.29, 1.82) is 0 Å². The van der Waals surface area contributed by atoms with E-state index in [1.165, 1.54) is 0 Å². The summed E-state index contributed by atoms with van der Waals surface area (Å²) in [5.41, 5.74) is 7.56. The van der Waals surface area contributed by atoms with Crippen LogP contribution in [0, 0.1) is 0 Å². The van der Waals surface area contributed by atoms with Crippen molar-refractivity contribution in [3.05, 3.63) is 59.9 Å². The summed E-state index contributed by atoms with van der Waals surface area (Å²) in [6.45, 7) is 3.25. The van der Waals surface area contributed by atoms with E-state index in [1.807, 2.05) is 31.3 Å². The molecular formula is C20H28N6O2S. The molecule has 0 unspecified atom stereocenters. The molecule has 0 saturated carbocycles. The van der Waals surface area contributed by atoms with Crippen molar-refractivity contribution in [1.82, 2.24) is 19.5 Å². The van der Waals surface area contributed by atoms with Gasteiger partial charge in [0.1, 0.15) is 0 Å². The molecule has 0 atom stereocenters. The minimum atomic E-state index is -3.55. The first-order valence-electron chi connectivity index (χ1n) is 9.67. The van der Waals surface area contributed by atoms with E-state index in [9.17, 15) is 8.42 Å². The van der Waals surface area contributed by atoms with Crippen LogP contribution in [-0.2, 0) is 23.0 Å². The van der Waals surface area contributed by atoms with Crippen molar-refractivity contribution < 1.29 is 8.42 Å². The van der Waals surface area contributed by atoms with Crippen molar-refractivity contribution >= 4 is 16.0 Å². The molecule has 1 aromatic carbocycles. The Morgan fingerprint density at radius 2 is 1.86 bits per heavy atom. The highest BCUT2D eigenvalue weighted by atomic mass is 32.2. The Balaban J connectivity index is 1.63. The van der Waals surface area contributed by atoms with Gasteiger partial charge in [-0.2, -0.15) is 4.31 Å². The average Bonchev–Trinajstić information content (AvgIpc) is 2.73. The Kier molecular flexibility index (Phi) is 7.18. The Morgan fingerprint density at radius 1 is 1.14 bits per heavy atom. The quantitative estimate of drug-likeness (QED) is 0.508. The maximum absolute atomic E-state index is 13.1. The molecule has 3 rings (SSSR count). The minimum absolute atomic E-state index is 0.200. The van der Waals surface area contributed by atoms with Crippen LogP contribution < -0.4 is 11.1 Å². The lowest BCUT2D eigenvalue weighted by Gasteiger charge is -2.32. The predicted octanol–water partition coefficient (Wildman–Crippen LogP) is 0.665. The number of likely N-dealkylation sites (N-methyl/N-ethyl adjacent to an activating group) is 1. The number of nitrogens with zero attached hydrogens (tertiary/aromatic N) is 4. The van der Waals surface area contributed by atoms with E-state index in [2.05, 4.69) is 20.2 Å². The third-order valence-electron chi connectivity index (χ3n) is 4.89. The lowest BCUT2D eigenvalue weighted by Crippen LogP contribution is -2.47. The minimum Gasteiger partial charge on any atom is -0.370 e. The summed E-state index contributed by atoms with van der Waals surface area (Å²) < 4.78 is 27.7. The van der Waals surface area contributed by atoms with E-state index >= 15 is 0 Å². The third kappa shape index (κ3) is 5.75. The second kappa shape index (κ2) is 9.82. The molecule has 0 bridgehead atoms. The summed E-state index contributed by atoms with van der Waals surface area (Å²) in [5, 5.41) is 3.05. The van der Waals surface area contributed by atoms with E-state index in [0.29, 0.717) is 30.1 Å². The highest BCUT2D eigenvalue weighted by Crippen LogP contribution is 2.22. The molecule has 0 spiro atoms. The number of pyridine rings is 1. The number of aromatic nitrogens is 1. The van der Waals surface area contributed by atoms with Gasteiger partial charge in [0.05, 0.1) is 11.4 Å². The SMILES string of the molecule is CN1CCN(S(=O)(=O)c2ccccc2CN=C(N)NCCc2ccccn2)CC1. The van der Waals surface area contributed by atoms with Crippen LogP contribution in [0.4, 0.5) is 0 Å². The number of sulfonamides is 1. The Bertz CT molecular complexity index is 925.